The number of phenolic OH excluding ortho intramolecular Hbond substituents is 1. The Morgan fingerprint density at radius 3 is 2.53 bits per heavy atom. The molecule has 1 unspecified atom stereocenters. The summed E-state index contributed by atoms with van der Waals surface area (Å²) < 4.78 is 0. The summed E-state index contributed by atoms with van der Waals surface area (Å²) in [6, 6.07) is 7.31. The van der Waals surface area contributed by atoms with Gasteiger partial charge in [0.05, 0.1) is 6.42 Å². The smallest absolute Gasteiger partial charge is 0.227 e. The minimum atomic E-state index is 0.102. The van der Waals surface area contributed by atoms with E-state index in [0.29, 0.717) is 17.4 Å². The van der Waals surface area contributed by atoms with Gasteiger partial charge in [-0.2, -0.15) is 0 Å². The van der Waals surface area contributed by atoms with Crippen LogP contribution in [0.1, 0.15) is 18.4 Å². The first-order chi connectivity index (χ1) is 9.15. The quantitative estimate of drug-likeness (QED) is 0.837. The molecule has 1 aliphatic heterocycles. The van der Waals surface area contributed by atoms with Gasteiger partial charge in [-0.1, -0.05) is 18.2 Å². The highest BCUT2D eigenvalue weighted by atomic mass is 16.3. The van der Waals surface area contributed by atoms with E-state index in [-0.39, 0.29) is 24.1 Å². The van der Waals surface area contributed by atoms with Gasteiger partial charge in [-0.25, -0.2) is 0 Å². The van der Waals surface area contributed by atoms with Gasteiger partial charge in [0.25, 0.3) is 0 Å². The molecule has 1 saturated heterocycles. The fourth-order valence-electron chi connectivity index (χ4n) is 3.40. The van der Waals surface area contributed by atoms with E-state index in [9.17, 15) is 9.90 Å². The van der Waals surface area contributed by atoms with Gasteiger partial charge < -0.3 is 15.7 Å². The predicted octanol–water partition coefficient (Wildman–Crippen LogP) is 1.13. The summed E-state index contributed by atoms with van der Waals surface area (Å²) in [6.45, 7) is 1.56. The molecule has 0 aromatic heterocycles. The van der Waals surface area contributed by atoms with Crippen LogP contribution in [-0.4, -0.2) is 35.0 Å². The summed E-state index contributed by atoms with van der Waals surface area (Å²) in [6.07, 6.45) is 2.57. The molecular weight excluding hydrogens is 240 g/mol. The van der Waals surface area contributed by atoms with Crippen molar-refractivity contribution in [3.8, 4) is 5.75 Å². The number of piperidine rings is 1. The first-order valence-electron chi connectivity index (χ1n) is 6.95. The number of nitrogens with zero attached hydrogens (tertiary/aromatic N) is 1. The molecule has 2 bridgehead atoms. The summed E-state index contributed by atoms with van der Waals surface area (Å²) in [5.74, 6) is 1.23. The van der Waals surface area contributed by atoms with Crippen LogP contribution < -0.4 is 5.73 Å². The Kier molecular flexibility index (Phi) is 3.19. The van der Waals surface area contributed by atoms with E-state index in [2.05, 4.69) is 0 Å². The number of carbonyl (C=O) groups excluding carboxylic acids is 1. The average Bonchev–Trinajstić information content (AvgIpc) is 2.64. The van der Waals surface area contributed by atoms with Crippen molar-refractivity contribution >= 4 is 5.91 Å². The molecule has 2 fully saturated rings. The summed E-state index contributed by atoms with van der Waals surface area (Å²) in [5, 5.41) is 9.73. The molecule has 4 heteroatoms. The Morgan fingerprint density at radius 1 is 1.26 bits per heavy atom. The van der Waals surface area contributed by atoms with Crippen molar-refractivity contribution in [3.05, 3.63) is 29.8 Å². The largest absolute Gasteiger partial charge is 0.508 e. The molecule has 1 aromatic rings. The Bertz CT molecular complexity index is 475. The molecule has 0 spiro atoms. The molecule has 2 aliphatic rings. The van der Waals surface area contributed by atoms with Crippen molar-refractivity contribution < 1.29 is 9.90 Å². The molecular formula is C15H20N2O2. The first kappa shape index (κ1) is 12.5. The number of hydrogen-bond donors (Lipinski definition) is 2. The summed E-state index contributed by atoms with van der Waals surface area (Å²) in [7, 11) is 0. The number of para-hydroxylation sites is 1. The Labute approximate surface area is 113 Å². The minimum Gasteiger partial charge on any atom is -0.508 e. The Hall–Kier alpha value is -1.55. The third-order valence-electron chi connectivity index (χ3n) is 4.59. The highest BCUT2D eigenvalue weighted by molar-refractivity contribution is 5.79. The number of nitrogens with two attached hydrogens (primary N) is 1. The standard InChI is InChI=1S/C15H20N2O2/c16-15-11-5-6-12(15)9-17(8-11)14(19)7-10-3-1-2-4-13(10)18/h1-4,11-12,15,18H,5-9,16H2/t11-,12+,15?. The van der Waals surface area contributed by atoms with Crippen LogP contribution >= 0.6 is 0 Å². The molecule has 102 valence electrons. The molecule has 4 nitrogen and oxygen atoms in total. The fraction of sp³-hybridized carbons (Fsp3) is 0.533. The lowest BCUT2D eigenvalue weighted by Crippen LogP contribution is -2.51. The van der Waals surface area contributed by atoms with Crippen LogP contribution in [0.5, 0.6) is 5.75 Å². The third kappa shape index (κ3) is 2.32. The second kappa shape index (κ2) is 4.85. The monoisotopic (exact) mass is 260 g/mol. The molecule has 3 N–H and O–H groups in total. The van der Waals surface area contributed by atoms with Crippen LogP contribution in [0.3, 0.4) is 0 Å². The Morgan fingerprint density at radius 2 is 1.89 bits per heavy atom. The lowest BCUT2D eigenvalue weighted by atomic mass is 9.92. The molecule has 1 saturated carbocycles. The van der Waals surface area contributed by atoms with Gasteiger partial charge in [0, 0.05) is 24.7 Å². The summed E-state index contributed by atoms with van der Waals surface area (Å²) in [4.78, 5) is 14.2. The molecule has 0 radical (unpaired) electrons. The van der Waals surface area contributed by atoms with E-state index in [0.717, 1.165) is 25.9 Å². The van der Waals surface area contributed by atoms with E-state index >= 15 is 0 Å². The molecule has 1 aliphatic carbocycles. The molecule has 3 rings (SSSR count). The first-order valence-corrected chi connectivity index (χ1v) is 6.95. The van der Waals surface area contributed by atoms with Gasteiger partial charge in [0.15, 0.2) is 0 Å². The van der Waals surface area contributed by atoms with E-state index in [1.807, 2.05) is 11.0 Å². The highest BCUT2D eigenvalue weighted by Gasteiger charge is 2.41. The number of amides is 1. The maximum absolute atomic E-state index is 12.3. The van der Waals surface area contributed by atoms with E-state index in [1.54, 1.807) is 18.2 Å². The van der Waals surface area contributed by atoms with Crippen molar-refractivity contribution in [1.82, 2.24) is 4.90 Å². The Balaban J connectivity index is 1.67. The molecule has 1 amide bonds. The zero-order valence-corrected chi connectivity index (χ0v) is 11.0. The van der Waals surface area contributed by atoms with Crippen LogP contribution in [0, 0.1) is 11.8 Å². The van der Waals surface area contributed by atoms with Gasteiger partial charge in [-0.15, -0.1) is 0 Å². The topological polar surface area (TPSA) is 66.6 Å². The molecule has 1 aromatic carbocycles. The minimum absolute atomic E-state index is 0.102. The number of hydrogen-bond acceptors (Lipinski definition) is 3. The number of carbonyl (C=O) groups is 1. The van der Waals surface area contributed by atoms with Crippen LogP contribution in [0.15, 0.2) is 24.3 Å². The van der Waals surface area contributed by atoms with Crippen LogP contribution in [0.2, 0.25) is 0 Å². The average molecular weight is 260 g/mol. The van der Waals surface area contributed by atoms with Gasteiger partial charge in [-0.3, -0.25) is 4.79 Å². The van der Waals surface area contributed by atoms with Crippen molar-refractivity contribution in [1.29, 1.82) is 0 Å². The van der Waals surface area contributed by atoms with Gasteiger partial charge in [0.1, 0.15) is 5.75 Å². The predicted molar refractivity (Wildman–Crippen MR) is 72.6 cm³/mol. The van der Waals surface area contributed by atoms with Gasteiger partial charge in [-0.05, 0) is 30.7 Å². The van der Waals surface area contributed by atoms with E-state index in [1.165, 1.54) is 0 Å². The number of fused-ring (bicyclic) bond motifs is 2. The maximum atomic E-state index is 12.3. The highest BCUT2D eigenvalue weighted by Crippen LogP contribution is 2.35. The van der Waals surface area contributed by atoms with Crippen LogP contribution in [-0.2, 0) is 11.2 Å². The maximum Gasteiger partial charge on any atom is 0.227 e. The van der Waals surface area contributed by atoms with Crippen molar-refractivity contribution in [2.24, 2.45) is 17.6 Å². The lowest BCUT2D eigenvalue weighted by molar-refractivity contribution is -0.132. The number of likely N-dealkylation sites (tertiary alicyclic amines) is 1. The van der Waals surface area contributed by atoms with Crippen molar-refractivity contribution in [2.75, 3.05) is 13.1 Å². The second-order valence-corrected chi connectivity index (χ2v) is 5.78. The van der Waals surface area contributed by atoms with Crippen LogP contribution in [0.25, 0.3) is 0 Å². The zero-order chi connectivity index (χ0) is 13.4. The van der Waals surface area contributed by atoms with Crippen molar-refractivity contribution in [3.63, 3.8) is 0 Å². The van der Waals surface area contributed by atoms with Gasteiger partial charge >= 0.3 is 0 Å². The van der Waals surface area contributed by atoms with Crippen LogP contribution in [0.4, 0.5) is 0 Å². The normalized spacial score (nSPS) is 29.5. The molecule has 3 atom stereocenters. The second-order valence-electron chi connectivity index (χ2n) is 5.78. The lowest BCUT2D eigenvalue weighted by Gasteiger charge is -2.36. The summed E-state index contributed by atoms with van der Waals surface area (Å²) in [5.41, 5.74) is 6.85. The summed E-state index contributed by atoms with van der Waals surface area (Å²) >= 11 is 0. The fourth-order valence-corrected chi connectivity index (χ4v) is 3.40. The zero-order valence-electron chi connectivity index (χ0n) is 11.0. The molecule has 1 heterocycles. The number of aromatic hydroxyl groups is 1. The van der Waals surface area contributed by atoms with E-state index < -0.39 is 0 Å². The van der Waals surface area contributed by atoms with Gasteiger partial charge in [0.2, 0.25) is 5.91 Å². The number of rotatable bonds is 2. The third-order valence-corrected chi connectivity index (χ3v) is 4.59. The number of phenols is 1. The molecule has 19 heavy (non-hydrogen) atoms. The van der Waals surface area contributed by atoms with E-state index in [4.69, 9.17) is 5.73 Å². The van der Waals surface area contributed by atoms with Crippen molar-refractivity contribution in [2.45, 2.75) is 25.3 Å². The number of benzene rings is 1. The SMILES string of the molecule is NC1[C@@H]2CC[C@H]1CN(C(=O)Cc1ccccc1O)C2.